The molecule has 134 valence electrons. The van der Waals surface area contributed by atoms with Gasteiger partial charge in [-0.25, -0.2) is 0 Å². The number of carbonyl (C=O) groups excluding carboxylic acids is 1. The number of methoxy groups -OCH3 is 1. The zero-order valence-corrected chi connectivity index (χ0v) is 15.3. The predicted molar refractivity (Wildman–Crippen MR) is 98.6 cm³/mol. The molecule has 0 spiro atoms. The summed E-state index contributed by atoms with van der Waals surface area (Å²) in [6, 6.07) is 8.28. The van der Waals surface area contributed by atoms with E-state index in [1.165, 1.54) is 23.3 Å². The van der Waals surface area contributed by atoms with Gasteiger partial charge in [0.05, 0.1) is 13.5 Å². The summed E-state index contributed by atoms with van der Waals surface area (Å²) in [4.78, 5) is 14.3. The number of nitrogens with zero attached hydrogens (tertiary/aromatic N) is 3. The Morgan fingerprint density at radius 3 is 2.60 bits per heavy atom. The number of piperidine rings is 1. The lowest BCUT2D eigenvalue weighted by Gasteiger charge is -2.32. The molecular formula is C18H24N4O2S. The van der Waals surface area contributed by atoms with Gasteiger partial charge in [-0.3, -0.25) is 4.79 Å². The maximum atomic E-state index is 12.3. The second-order valence-electron chi connectivity index (χ2n) is 6.42. The minimum atomic E-state index is 0.129. The van der Waals surface area contributed by atoms with E-state index in [2.05, 4.69) is 22.3 Å². The minimum absolute atomic E-state index is 0.129. The van der Waals surface area contributed by atoms with Gasteiger partial charge >= 0.3 is 0 Å². The molecule has 0 atom stereocenters. The number of carbonyl (C=O) groups is 1. The van der Waals surface area contributed by atoms with Crippen molar-refractivity contribution >= 4 is 22.4 Å². The van der Waals surface area contributed by atoms with Gasteiger partial charge in [-0.1, -0.05) is 23.5 Å². The molecule has 0 saturated carbocycles. The van der Waals surface area contributed by atoms with Gasteiger partial charge in [0.25, 0.3) is 0 Å². The number of benzene rings is 1. The number of nitrogens with two attached hydrogens (primary N) is 1. The van der Waals surface area contributed by atoms with Crippen LogP contribution in [0, 0.1) is 5.92 Å². The van der Waals surface area contributed by atoms with Crippen LogP contribution in [0.1, 0.15) is 29.8 Å². The van der Waals surface area contributed by atoms with Crippen LogP contribution in [0.3, 0.4) is 0 Å². The third-order valence-electron chi connectivity index (χ3n) is 4.75. The molecule has 0 aliphatic carbocycles. The van der Waals surface area contributed by atoms with E-state index in [0.29, 0.717) is 22.5 Å². The molecule has 0 unspecified atom stereocenters. The van der Waals surface area contributed by atoms with E-state index in [4.69, 9.17) is 10.5 Å². The van der Waals surface area contributed by atoms with E-state index in [0.717, 1.165) is 38.1 Å². The first kappa shape index (κ1) is 17.7. The van der Waals surface area contributed by atoms with Crippen molar-refractivity contribution in [2.24, 2.45) is 5.92 Å². The second kappa shape index (κ2) is 8.29. The van der Waals surface area contributed by atoms with E-state index in [-0.39, 0.29) is 5.91 Å². The lowest BCUT2D eigenvalue weighted by molar-refractivity contribution is -0.131. The van der Waals surface area contributed by atoms with Crippen LogP contribution in [0.5, 0.6) is 5.75 Å². The average Bonchev–Trinajstić information content (AvgIpc) is 3.05. The molecule has 1 aliphatic heterocycles. The first-order chi connectivity index (χ1) is 12.1. The summed E-state index contributed by atoms with van der Waals surface area (Å²) in [7, 11) is 1.68. The van der Waals surface area contributed by atoms with Crippen molar-refractivity contribution in [3.05, 3.63) is 34.8 Å². The topological polar surface area (TPSA) is 81.3 Å². The first-order valence-electron chi connectivity index (χ1n) is 8.62. The lowest BCUT2D eigenvalue weighted by atomic mass is 9.90. The monoisotopic (exact) mass is 360 g/mol. The fourth-order valence-electron chi connectivity index (χ4n) is 3.21. The van der Waals surface area contributed by atoms with Gasteiger partial charge in [-0.15, -0.1) is 10.2 Å². The highest BCUT2D eigenvalue weighted by atomic mass is 32.1. The Morgan fingerprint density at radius 2 is 2.00 bits per heavy atom. The van der Waals surface area contributed by atoms with Gasteiger partial charge in [0.15, 0.2) is 0 Å². The van der Waals surface area contributed by atoms with Crippen LogP contribution in [0.2, 0.25) is 0 Å². The Bertz CT molecular complexity index is 693. The number of amides is 1. The van der Waals surface area contributed by atoms with Crippen LogP contribution >= 0.6 is 11.3 Å². The predicted octanol–water partition coefficient (Wildman–Crippen LogP) is 2.54. The molecule has 25 heavy (non-hydrogen) atoms. The zero-order valence-electron chi connectivity index (χ0n) is 14.5. The Kier molecular flexibility index (Phi) is 5.86. The number of rotatable bonds is 6. The summed E-state index contributed by atoms with van der Waals surface area (Å²) in [5, 5.41) is 8.80. The molecule has 1 fully saturated rings. The van der Waals surface area contributed by atoms with E-state index in [1.807, 2.05) is 17.0 Å². The summed E-state index contributed by atoms with van der Waals surface area (Å²) < 4.78 is 5.19. The molecule has 0 bridgehead atoms. The number of hydrogen-bond acceptors (Lipinski definition) is 6. The number of aryl methyl sites for hydroxylation is 1. The van der Waals surface area contributed by atoms with Gasteiger partial charge in [-0.2, -0.15) is 0 Å². The van der Waals surface area contributed by atoms with E-state index < -0.39 is 0 Å². The highest BCUT2D eigenvalue weighted by molar-refractivity contribution is 7.15. The summed E-state index contributed by atoms with van der Waals surface area (Å²) >= 11 is 1.29. The van der Waals surface area contributed by atoms with Crippen molar-refractivity contribution in [1.82, 2.24) is 15.1 Å². The normalized spacial score (nSPS) is 15.3. The fourth-order valence-corrected chi connectivity index (χ4v) is 3.81. The van der Waals surface area contributed by atoms with Crippen LogP contribution in [-0.2, 0) is 17.6 Å². The van der Waals surface area contributed by atoms with Gasteiger partial charge in [0.2, 0.25) is 11.0 Å². The molecule has 2 heterocycles. The van der Waals surface area contributed by atoms with Crippen LogP contribution < -0.4 is 10.5 Å². The smallest absolute Gasteiger partial charge is 0.229 e. The van der Waals surface area contributed by atoms with Crippen molar-refractivity contribution in [3.63, 3.8) is 0 Å². The number of anilines is 1. The summed E-state index contributed by atoms with van der Waals surface area (Å²) in [5.74, 6) is 1.71. The van der Waals surface area contributed by atoms with Crippen LogP contribution in [-0.4, -0.2) is 41.2 Å². The second-order valence-corrected chi connectivity index (χ2v) is 7.52. The Morgan fingerprint density at radius 1 is 1.28 bits per heavy atom. The minimum Gasteiger partial charge on any atom is -0.497 e. The average molecular weight is 360 g/mol. The Labute approximate surface area is 152 Å². The van der Waals surface area contributed by atoms with Crippen molar-refractivity contribution in [1.29, 1.82) is 0 Å². The number of ether oxygens (including phenoxy) is 1. The van der Waals surface area contributed by atoms with Crippen LogP contribution in [0.25, 0.3) is 0 Å². The van der Waals surface area contributed by atoms with Gasteiger partial charge in [-0.05, 0) is 49.3 Å². The molecule has 1 aliphatic rings. The number of nitrogen functional groups attached to an aromatic ring is 1. The van der Waals surface area contributed by atoms with Gasteiger partial charge in [0.1, 0.15) is 10.8 Å². The van der Waals surface area contributed by atoms with Crippen molar-refractivity contribution in [3.8, 4) is 5.75 Å². The fraction of sp³-hybridized carbons (Fsp3) is 0.500. The molecule has 1 saturated heterocycles. The molecule has 3 rings (SSSR count). The molecule has 7 heteroatoms. The number of likely N-dealkylation sites (tertiary alicyclic amines) is 1. The molecular weight excluding hydrogens is 336 g/mol. The standard InChI is InChI=1S/C18H24N4O2S/c1-24-15-6-4-13(5-7-15)2-3-14-8-10-22(11-9-14)17(23)12-16-20-21-18(19)25-16/h4-7,14H,2-3,8-12H2,1H3,(H2,19,21). The zero-order chi connectivity index (χ0) is 17.6. The van der Waals surface area contributed by atoms with Crippen molar-refractivity contribution in [2.75, 3.05) is 25.9 Å². The quantitative estimate of drug-likeness (QED) is 0.856. The largest absolute Gasteiger partial charge is 0.497 e. The van der Waals surface area contributed by atoms with Gasteiger partial charge < -0.3 is 15.4 Å². The Hall–Kier alpha value is -2.15. The van der Waals surface area contributed by atoms with Crippen LogP contribution in [0.4, 0.5) is 5.13 Å². The third-order valence-corrected chi connectivity index (χ3v) is 5.50. The van der Waals surface area contributed by atoms with Crippen molar-refractivity contribution in [2.45, 2.75) is 32.1 Å². The maximum absolute atomic E-state index is 12.3. The number of hydrogen-bond donors (Lipinski definition) is 1. The Balaban J connectivity index is 1.41. The maximum Gasteiger partial charge on any atom is 0.229 e. The summed E-state index contributed by atoms with van der Waals surface area (Å²) in [6.07, 6.45) is 4.69. The molecule has 1 aromatic carbocycles. The molecule has 1 aromatic heterocycles. The van der Waals surface area contributed by atoms with E-state index >= 15 is 0 Å². The van der Waals surface area contributed by atoms with Gasteiger partial charge in [0, 0.05) is 13.1 Å². The van der Waals surface area contributed by atoms with Crippen molar-refractivity contribution < 1.29 is 9.53 Å². The molecule has 2 N–H and O–H groups in total. The highest BCUT2D eigenvalue weighted by Gasteiger charge is 2.23. The molecule has 2 aromatic rings. The van der Waals surface area contributed by atoms with E-state index in [1.54, 1.807) is 7.11 Å². The molecule has 0 radical (unpaired) electrons. The lowest BCUT2D eigenvalue weighted by Crippen LogP contribution is -2.39. The van der Waals surface area contributed by atoms with E-state index in [9.17, 15) is 4.79 Å². The third kappa shape index (κ3) is 4.92. The number of aromatic nitrogens is 2. The molecule has 1 amide bonds. The SMILES string of the molecule is COc1ccc(CCC2CCN(C(=O)Cc3nnc(N)s3)CC2)cc1. The molecule has 6 nitrogen and oxygen atoms in total. The summed E-state index contributed by atoms with van der Waals surface area (Å²) in [6.45, 7) is 1.67. The highest BCUT2D eigenvalue weighted by Crippen LogP contribution is 2.24. The van der Waals surface area contributed by atoms with Crippen LogP contribution in [0.15, 0.2) is 24.3 Å². The summed E-state index contributed by atoms with van der Waals surface area (Å²) in [5.41, 5.74) is 6.90. The first-order valence-corrected chi connectivity index (χ1v) is 9.44.